The van der Waals surface area contributed by atoms with Gasteiger partial charge in [0, 0.05) is 23.0 Å². The Kier molecular flexibility index (Phi) is 3.34. The van der Waals surface area contributed by atoms with E-state index in [-0.39, 0.29) is 11.8 Å². The van der Waals surface area contributed by atoms with Crippen LogP contribution in [0.15, 0.2) is 18.2 Å². The van der Waals surface area contributed by atoms with Crippen molar-refractivity contribution in [1.82, 2.24) is 5.32 Å². The quantitative estimate of drug-likeness (QED) is 0.877. The number of amides is 1. The summed E-state index contributed by atoms with van der Waals surface area (Å²) in [5.41, 5.74) is 0.925. The molecule has 1 heterocycles. The standard InChI is InChI=1S/C12H14ClNO2/c1-16-11-4-2-3-10(13)9(11)7-8-5-6-14-12(8)15/h2-4,8H,5-7H2,1H3,(H,14,15). The molecule has 1 amide bonds. The van der Waals surface area contributed by atoms with Gasteiger partial charge in [0.2, 0.25) is 5.91 Å². The number of methoxy groups -OCH3 is 1. The van der Waals surface area contributed by atoms with Crippen LogP contribution in [0.5, 0.6) is 5.75 Å². The van der Waals surface area contributed by atoms with Crippen LogP contribution in [0.3, 0.4) is 0 Å². The lowest BCUT2D eigenvalue weighted by atomic mass is 9.97. The van der Waals surface area contributed by atoms with Crippen molar-refractivity contribution in [3.63, 3.8) is 0 Å². The minimum Gasteiger partial charge on any atom is -0.496 e. The minimum atomic E-state index is 0.0220. The van der Waals surface area contributed by atoms with E-state index in [2.05, 4.69) is 5.32 Å². The maximum absolute atomic E-state index is 11.5. The Balaban J connectivity index is 2.22. The zero-order valence-corrected chi connectivity index (χ0v) is 9.88. The summed E-state index contributed by atoms with van der Waals surface area (Å²) in [6, 6.07) is 5.54. The lowest BCUT2D eigenvalue weighted by Gasteiger charge is -2.12. The van der Waals surface area contributed by atoms with Gasteiger partial charge in [-0.25, -0.2) is 0 Å². The average molecular weight is 240 g/mol. The van der Waals surface area contributed by atoms with Crippen molar-refractivity contribution in [2.24, 2.45) is 5.92 Å². The second-order valence-corrected chi connectivity index (χ2v) is 4.31. The van der Waals surface area contributed by atoms with Gasteiger partial charge in [-0.05, 0) is 25.0 Å². The molecule has 0 aromatic heterocycles. The lowest BCUT2D eigenvalue weighted by Crippen LogP contribution is -2.20. The molecule has 0 radical (unpaired) electrons. The highest BCUT2D eigenvalue weighted by atomic mass is 35.5. The SMILES string of the molecule is COc1cccc(Cl)c1CC1CCNC1=O. The second kappa shape index (κ2) is 4.74. The molecule has 2 rings (SSSR count). The van der Waals surface area contributed by atoms with Gasteiger partial charge in [0.15, 0.2) is 0 Å². The van der Waals surface area contributed by atoms with Gasteiger partial charge in [-0.3, -0.25) is 4.79 Å². The number of ether oxygens (including phenoxy) is 1. The predicted molar refractivity (Wildman–Crippen MR) is 62.8 cm³/mol. The molecule has 1 saturated heterocycles. The number of halogens is 1. The van der Waals surface area contributed by atoms with E-state index in [4.69, 9.17) is 16.3 Å². The summed E-state index contributed by atoms with van der Waals surface area (Å²) in [6.07, 6.45) is 1.52. The number of benzene rings is 1. The first-order valence-electron chi connectivity index (χ1n) is 5.31. The van der Waals surface area contributed by atoms with Crippen LogP contribution < -0.4 is 10.1 Å². The third-order valence-electron chi connectivity index (χ3n) is 2.91. The molecule has 1 N–H and O–H groups in total. The van der Waals surface area contributed by atoms with Crippen LogP contribution in [-0.4, -0.2) is 19.6 Å². The lowest BCUT2D eigenvalue weighted by molar-refractivity contribution is -0.122. The van der Waals surface area contributed by atoms with E-state index < -0.39 is 0 Å². The van der Waals surface area contributed by atoms with Gasteiger partial charge in [0.25, 0.3) is 0 Å². The van der Waals surface area contributed by atoms with Crippen LogP contribution in [0.1, 0.15) is 12.0 Å². The van der Waals surface area contributed by atoms with Gasteiger partial charge in [0.05, 0.1) is 7.11 Å². The molecular formula is C12H14ClNO2. The monoisotopic (exact) mass is 239 g/mol. The summed E-state index contributed by atoms with van der Waals surface area (Å²) in [4.78, 5) is 11.5. The summed E-state index contributed by atoms with van der Waals surface area (Å²) in [5, 5.41) is 3.49. The Hall–Kier alpha value is -1.22. The highest BCUT2D eigenvalue weighted by molar-refractivity contribution is 6.31. The highest BCUT2D eigenvalue weighted by Gasteiger charge is 2.26. The van der Waals surface area contributed by atoms with Crippen molar-refractivity contribution < 1.29 is 9.53 Å². The fourth-order valence-electron chi connectivity index (χ4n) is 2.01. The van der Waals surface area contributed by atoms with E-state index >= 15 is 0 Å². The molecule has 3 nitrogen and oxygen atoms in total. The van der Waals surface area contributed by atoms with Crippen LogP contribution in [0.25, 0.3) is 0 Å². The number of carbonyl (C=O) groups is 1. The van der Waals surface area contributed by atoms with E-state index in [0.29, 0.717) is 11.4 Å². The van der Waals surface area contributed by atoms with Crippen molar-refractivity contribution in [2.45, 2.75) is 12.8 Å². The Morgan fingerprint density at radius 3 is 3.00 bits per heavy atom. The van der Waals surface area contributed by atoms with E-state index in [1.807, 2.05) is 18.2 Å². The number of carbonyl (C=O) groups excluding carboxylic acids is 1. The molecule has 0 spiro atoms. The largest absolute Gasteiger partial charge is 0.496 e. The highest BCUT2D eigenvalue weighted by Crippen LogP contribution is 2.30. The summed E-state index contributed by atoms with van der Waals surface area (Å²) in [6.45, 7) is 0.760. The second-order valence-electron chi connectivity index (χ2n) is 3.90. The molecular weight excluding hydrogens is 226 g/mol. The molecule has 1 unspecified atom stereocenters. The molecule has 1 aromatic carbocycles. The molecule has 4 heteroatoms. The Morgan fingerprint density at radius 1 is 1.56 bits per heavy atom. The first kappa shape index (κ1) is 11.3. The fourth-order valence-corrected chi connectivity index (χ4v) is 2.26. The van der Waals surface area contributed by atoms with Crippen LogP contribution in [0.4, 0.5) is 0 Å². The number of nitrogens with one attached hydrogen (secondary N) is 1. The van der Waals surface area contributed by atoms with Crippen molar-refractivity contribution in [1.29, 1.82) is 0 Å². The van der Waals surface area contributed by atoms with Gasteiger partial charge in [0.1, 0.15) is 5.75 Å². The van der Waals surface area contributed by atoms with Gasteiger partial charge < -0.3 is 10.1 Å². The molecule has 86 valence electrons. The molecule has 1 fully saturated rings. The van der Waals surface area contributed by atoms with Gasteiger partial charge in [-0.2, -0.15) is 0 Å². The number of hydrogen-bond donors (Lipinski definition) is 1. The molecule has 1 aromatic rings. The molecule has 1 atom stereocenters. The maximum atomic E-state index is 11.5. The average Bonchev–Trinajstić information content (AvgIpc) is 2.67. The van der Waals surface area contributed by atoms with E-state index in [1.54, 1.807) is 7.11 Å². The first-order valence-corrected chi connectivity index (χ1v) is 5.69. The molecule has 0 bridgehead atoms. The molecule has 0 aliphatic carbocycles. The smallest absolute Gasteiger partial charge is 0.223 e. The van der Waals surface area contributed by atoms with Gasteiger partial charge in [-0.15, -0.1) is 0 Å². The third-order valence-corrected chi connectivity index (χ3v) is 3.26. The third kappa shape index (κ3) is 2.14. The van der Waals surface area contributed by atoms with Crippen molar-refractivity contribution in [3.8, 4) is 5.75 Å². The van der Waals surface area contributed by atoms with Gasteiger partial charge in [-0.1, -0.05) is 17.7 Å². The first-order chi connectivity index (χ1) is 7.72. The van der Waals surface area contributed by atoms with Crippen molar-refractivity contribution in [3.05, 3.63) is 28.8 Å². The zero-order chi connectivity index (χ0) is 11.5. The van der Waals surface area contributed by atoms with Crippen LogP contribution in [0.2, 0.25) is 5.02 Å². The molecule has 1 aliphatic rings. The van der Waals surface area contributed by atoms with Crippen molar-refractivity contribution in [2.75, 3.05) is 13.7 Å². The summed E-state index contributed by atoms with van der Waals surface area (Å²) in [7, 11) is 1.61. The Morgan fingerprint density at radius 2 is 2.38 bits per heavy atom. The molecule has 1 aliphatic heterocycles. The minimum absolute atomic E-state index is 0.0220. The zero-order valence-electron chi connectivity index (χ0n) is 9.13. The summed E-state index contributed by atoms with van der Waals surface area (Å²) < 4.78 is 5.26. The summed E-state index contributed by atoms with van der Waals surface area (Å²) >= 11 is 6.12. The van der Waals surface area contributed by atoms with E-state index in [1.165, 1.54) is 0 Å². The van der Waals surface area contributed by atoms with Crippen LogP contribution >= 0.6 is 11.6 Å². The normalized spacial score (nSPS) is 19.6. The van der Waals surface area contributed by atoms with E-state index in [0.717, 1.165) is 24.3 Å². The van der Waals surface area contributed by atoms with Gasteiger partial charge >= 0.3 is 0 Å². The Labute approximate surface area is 99.7 Å². The van der Waals surface area contributed by atoms with Crippen LogP contribution in [0, 0.1) is 5.92 Å². The molecule has 16 heavy (non-hydrogen) atoms. The topological polar surface area (TPSA) is 38.3 Å². The number of rotatable bonds is 3. The number of hydrogen-bond acceptors (Lipinski definition) is 2. The van der Waals surface area contributed by atoms with Crippen molar-refractivity contribution >= 4 is 17.5 Å². The Bertz CT molecular complexity index is 406. The fraction of sp³-hybridized carbons (Fsp3) is 0.417. The molecule has 0 saturated carbocycles. The summed E-state index contributed by atoms with van der Waals surface area (Å²) in [5.74, 6) is 0.892. The van der Waals surface area contributed by atoms with Crippen LogP contribution in [-0.2, 0) is 11.2 Å². The maximum Gasteiger partial charge on any atom is 0.223 e. The predicted octanol–water partition coefficient (Wildman–Crippen LogP) is 2.03. The van der Waals surface area contributed by atoms with E-state index in [9.17, 15) is 4.79 Å².